The van der Waals surface area contributed by atoms with Crippen LogP contribution in [0, 0.1) is 0 Å². The number of aromatic nitrogens is 4. The monoisotopic (exact) mass is 634 g/mol. The first-order valence-corrected chi connectivity index (χ1v) is 17.1. The van der Waals surface area contributed by atoms with Gasteiger partial charge in [0.25, 0.3) is 0 Å². The van der Waals surface area contributed by atoms with E-state index in [1.165, 1.54) is 65.0 Å². The lowest BCUT2D eigenvalue weighted by Crippen LogP contribution is -2.03. The van der Waals surface area contributed by atoms with Crippen molar-refractivity contribution in [1.82, 2.24) is 18.9 Å². The first-order valence-electron chi connectivity index (χ1n) is 17.1. The maximum Gasteiger partial charge on any atom is 0.235 e. The number of nitrogens with zero attached hydrogens (tertiary/aromatic N) is 4. The fourth-order valence-corrected chi connectivity index (χ4v) is 8.77. The quantitative estimate of drug-likeness (QED) is 0.177. The molecule has 0 aliphatic rings. The van der Waals surface area contributed by atoms with Gasteiger partial charge in [-0.3, -0.25) is 4.57 Å². The van der Waals surface area contributed by atoms with Crippen molar-refractivity contribution in [2.75, 3.05) is 0 Å². The number of para-hydroxylation sites is 2. The van der Waals surface area contributed by atoms with E-state index in [-0.39, 0.29) is 0 Å². The van der Waals surface area contributed by atoms with Gasteiger partial charge < -0.3 is 4.40 Å². The molecule has 0 atom stereocenters. The molecule has 0 saturated carbocycles. The SMILES string of the molecule is c1ccc(-c2nc(-n3c4ccccc4c4c5c6ccc7ccccc7c6n6c7ccccc7c(cc43)c56)nc3ccc4ccccc4c23)cc1. The van der Waals surface area contributed by atoms with E-state index < -0.39 is 0 Å². The molecule has 4 heterocycles. The molecular formula is C46H26N4. The summed E-state index contributed by atoms with van der Waals surface area (Å²) in [5, 5.41) is 13.4. The summed E-state index contributed by atoms with van der Waals surface area (Å²) < 4.78 is 4.81. The van der Waals surface area contributed by atoms with Crippen molar-refractivity contribution in [2.45, 2.75) is 0 Å². The molecule has 4 nitrogen and oxygen atoms in total. The molecule has 4 heteroatoms. The summed E-state index contributed by atoms with van der Waals surface area (Å²) in [6, 6.07) is 56.7. The van der Waals surface area contributed by atoms with Gasteiger partial charge >= 0.3 is 0 Å². The van der Waals surface area contributed by atoms with E-state index in [1.807, 2.05) is 0 Å². The molecule has 12 rings (SSSR count). The van der Waals surface area contributed by atoms with Crippen LogP contribution in [0.5, 0.6) is 0 Å². The second-order valence-corrected chi connectivity index (χ2v) is 13.3. The van der Waals surface area contributed by atoms with E-state index in [2.05, 4.69) is 167 Å². The Morgan fingerprint density at radius 2 is 1.04 bits per heavy atom. The molecule has 0 amide bonds. The maximum atomic E-state index is 5.49. The molecule has 12 aromatic rings. The smallest absolute Gasteiger partial charge is 0.235 e. The fraction of sp³-hybridized carbons (Fsp3) is 0. The Hall–Kier alpha value is -6.78. The Bertz CT molecular complexity index is 3370. The number of benzene rings is 8. The highest BCUT2D eigenvalue weighted by Crippen LogP contribution is 2.48. The Morgan fingerprint density at radius 1 is 0.380 bits per heavy atom. The summed E-state index contributed by atoms with van der Waals surface area (Å²) in [7, 11) is 0. The van der Waals surface area contributed by atoms with E-state index in [0.717, 1.165) is 38.6 Å². The predicted octanol–water partition coefficient (Wildman–Crippen LogP) is 11.9. The largest absolute Gasteiger partial charge is 0.307 e. The van der Waals surface area contributed by atoms with Crippen LogP contribution in [0.3, 0.4) is 0 Å². The first kappa shape index (κ1) is 26.2. The molecule has 0 bridgehead atoms. The Labute approximate surface area is 285 Å². The summed E-state index contributed by atoms with van der Waals surface area (Å²) in [6.07, 6.45) is 0. The maximum absolute atomic E-state index is 5.49. The topological polar surface area (TPSA) is 35.1 Å². The molecule has 50 heavy (non-hydrogen) atoms. The van der Waals surface area contributed by atoms with Gasteiger partial charge in [0, 0.05) is 48.7 Å². The summed E-state index contributed by atoms with van der Waals surface area (Å²) >= 11 is 0. The van der Waals surface area contributed by atoms with Crippen LogP contribution in [0.2, 0.25) is 0 Å². The highest BCUT2D eigenvalue weighted by atomic mass is 15.2. The van der Waals surface area contributed by atoms with Crippen molar-refractivity contribution in [3.63, 3.8) is 0 Å². The Kier molecular flexibility index (Phi) is 4.94. The molecule has 0 saturated heterocycles. The average Bonchev–Trinajstić information content (AvgIpc) is 3.82. The summed E-state index contributed by atoms with van der Waals surface area (Å²) in [6.45, 7) is 0. The van der Waals surface area contributed by atoms with Gasteiger partial charge in [-0.2, -0.15) is 0 Å². The van der Waals surface area contributed by atoms with Gasteiger partial charge in [0.1, 0.15) is 0 Å². The van der Waals surface area contributed by atoms with E-state index in [9.17, 15) is 0 Å². The van der Waals surface area contributed by atoms with Crippen LogP contribution in [0.4, 0.5) is 0 Å². The van der Waals surface area contributed by atoms with Crippen molar-refractivity contribution in [3.8, 4) is 17.2 Å². The molecule has 0 aliphatic carbocycles. The number of fused-ring (bicyclic) bond motifs is 15. The Balaban J connectivity index is 1.31. The Morgan fingerprint density at radius 3 is 1.88 bits per heavy atom. The van der Waals surface area contributed by atoms with E-state index >= 15 is 0 Å². The van der Waals surface area contributed by atoms with Gasteiger partial charge in [0.05, 0.1) is 38.8 Å². The molecule has 0 radical (unpaired) electrons. The lowest BCUT2D eigenvalue weighted by molar-refractivity contribution is 1.02. The van der Waals surface area contributed by atoms with Gasteiger partial charge in [0.15, 0.2) is 0 Å². The van der Waals surface area contributed by atoms with Gasteiger partial charge in [-0.05, 0) is 40.4 Å². The first-order chi connectivity index (χ1) is 24.8. The van der Waals surface area contributed by atoms with Crippen LogP contribution < -0.4 is 0 Å². The lowest BCUT2D eigenvalue weighted by Gasteiger charge is -2.13. The van der Waals surface area contributed by atoms with E-state index in [1.54, 1.807) is 0 Å². The molecule has 0 N–H and O–H groups in total. The van der Waals surface area contributed by atoms with Crippen molar-refractivity contribution < 1.29 is 0 Å². The van der Waals surface area contributed by atoms with E-state index in [0.29, 0.717) is 5.95 Å². The van der Waals surface area contributed by atoms with Gasteiger partial charge in [-0.15, -0.1) is 0 Å². The van der Waals surface area contributed by atoms with Crippen LogP contribution in [-0.4, -0.2) is 18.9 Å². The third-order valence-corrected chi connectivity index (χ3v) is 10.8. The highest BCUT2D eigenvalue weighted by Gasteiger charge is 2.26. The lowest BCUT2D eigenvalue weighted by atomic mass is 10.00. The summed E-state index contributed by atoms with van der Waals surface area (Å²) in [5.41, 5.74) is 8.89. The molecule has 0 unspecified atom stereocenters. The molecule has 4 aromatic heterocycles. The number of hydrogen-bond acceptors (Lipinski definition) is 2. The number of rotatable bonds is 2. The second kappa shape index (κ2) is 9.43. The van der Waals surface area contributed by atoms with Crippen LogP contribution in [0.25, 0.3) is 110 Å². The normalized spacial score (nSPS) is 12.4. The molecule has 0 fully saturated rings. The van der Waals surface area contributed by atoms with Crippen LogP contribution in [0.1, 0.15) is 0 Å². The molecule has 0 spiro atoms. The third-order valence-electron chi connectivity index (χ3n) is 10.8. The van der Waals surface area contributed by atoms with Crippen molar-refractivity contribution in [2.24, 2.45) is 0 Å². The zero-order valence-electron chi connectivity index (χ0n) is 26.8. The standard InChI is InChI=1S/C46H26N4/c1-2-14-29(15-3-1)43-40-30-16-6-4-12-27(30)23-25-36(40)47-46(48-43)49-38-21-11-9-19-33(38)41-39(49)26-35-32-18-8-10-20-37(32)50-44-31-17-7-5-13-28(31)22-24-34(44)42(41)45(35)50/h1-26H. The van der Waals surface area contributed by atoms with Crippen LogP contribution in [0.15, 0.2) is 158 Å². The van der Waals surface area contributed by atoms with Gasteiger partial charge in [0.2, 0.25) is 5.95 Å². The molecule has 0 aliphatic heterocycles. The molecule has 230 valence electrons. The van der Waals surface area contributed by atoms with Crippen molar-refractivity contribution in [1.29, 1.82) is 0 Å². The average molecular weight is 635 g/mol. The van der Waals surface area contributed by atoms with Gasteiger partial charge in [-0.25, -0.2) is 9.97 Å². The zero-order valence-corrected chi connectivity index (χ0v) is 26.8. The number of hydrogen-bond donors (Lipinski definition) is 0. The minimum absolute atomic E-state index is 0.671. The van der Waals surface area contributed by atoms with E-state index in [4.69, 9.17) is 9.97 Å². The van der Waals surface area contributed by atoms with Crippen LogP contribution >= 0.6 is 0 Å². The highest BCUT2D eigenvalue weighted by molar-refractivity contribution is 6.37. The van der Waals surface area contributed by atoms with Crippen molar-refractivity contribution in [3.05, 3.63) is 158 Å². The summed E-state index contributed by atoms with van der Waals surface area (Å²) in [5.74, 6) is 0.671. The van der Waals surface area contributed by atoms with Gasteiger partial charge in [-0.1, -0.05) is 133 Å². The second-order valence-electron chi connectivity index (χ2n) is 13.3. The van der Waals surface area contributed by atoms with Crippen LogP contribution in [-0.2, 0) is 0 Å². The molecular weight excluding hydrogens is 609 g/mol. The minimum atomic E-state index is 0.671. The predicted molar refractivity (Wildman–Crippen MR) is 209 cm³/mol. The minimum Gasteiger partial charge on any atom is -0.307 e. The summed E-state index contributed by atoms with van der Waals surface area (Å²) in [4.78, 5) is 10.9. The zero-order chi connectivity index (χ0) is 32.5. The third kappa shape index (κ3) is 3.25. The van der Waals surface area contributed by atoms with Crippen molar-refractivity contribution >= 4 is 92.3 Å². The fourth-order valence-electron chi connectivity index (χ4n) is 8.77. The molecule has 8 aromatic carbocycles.